The zero-order chi connectivity index (χ0) is 17.2. The van der Waals surface area contributed by atoms with Gasteiger partial charge in [-0.1, -0.05) is 88.4 Å². The summed E-state index contributed by atoms with van der Waals surface area (Å²) in [4.78, 5) is 5.00. The summed E-state index contributed by atoms with van der Waals surface area (Å²) in [7, 11) is 0. The predicted molar refractivity (Wildman–Crippen MR) is 100 cm³/mol. The Morgan fingerprint density at radius 3 is 2.12 bits per heavy atom. The van der Waals surface area contributed by atoms with Gasteiger partial charge >= 0.3 is 0 Å². The van der Waals surface area contributed by atoms with Crippen molar-refractivity contribution >= 4 is 5.90 Å². The van der Waals surface area contributed by atoms with Gasteiger partial charge in [-0.3, -0.25) is 0 Å². The molecule has 0 N–H and O–H groups in total. The maximum Gasteiger partial charge on any atom is 0.187 e. The summed E-state index contributed by atoms with van der Waals surface area (Å²) in [5.74, 6) is 1.20. The van der Waals surface area contributed by atoms with Crippen molar-refractivity contribution in [1.29, 1.82) is 0 Å². The summed E-state index contributed by atoms with van der Waals surface area (Å²) in [5.41, 5.74) is 2.65. The lowest BCUT2D eigenvalue weighted by molar-refractivity contribution is 0.169. The van der Waals surface area contributed by atoms with Crippen LogP contribution in [0, 0.1) is 11.3 Å². The van der Waals surface area contributed by atoms with E-state index in [2.05, 4.69) is 82.3 Å². The molecule has 2 nitrogen and oxygen atoms in total. The average molecular weight is 321 g/mol. The van der Waals surface area contributed by atoms with Gasteiger partial charge in [-0.15, -0.1) is 0 Å². The lowest BCUT2D eigenvalue weighted by Gasteiger charge is -2.27. The Kier molecular flexibility index (Phi) is 4.75. The van der Waals surface area contributed by atoms with Crippen molar-refractivity contribution in [3.05, 3.63) is 71.8 Å². The maximum atomic E-state index is 6.37. The van der Waals surface area contributed by atoms with Crippen LogP contribution in [0.3, 0.4) is 0 Å². The molecule has 0 fully saturated rings. The van der Waals surface area contributed by atoms with Gasteiger partial charge in [0.15, 0.2) is 5.90 Å². The first kappa shape index (κ1) is 16.8. The fourth-order valence-electron chi connectivity index (χ4n) is 3.00. The molecule has 0 saturated heterocycles. The Bertz CT molecular complexity index is 685. The Hall–Kier alpha value is -2.09. The van der Waals surface area contributed by atoms with E-state index in [0.717, 1.165) is 12.3 Å². The number of ether oxygens (including phenoxy) is 1. The van der Waals surface area contributed by atoms with Gasteiger partial charge in [0.25, 0.3) is 0 Å². The molecule has 0 aromatic heterocycles. The third kappa shape index (κ3) is 3.69. The third-order valence-corrected chi connectivity index (χ3v) is 4.98. The van der Waals surface area contributed by atoms with E-state index < -0.39 is 0 Å². The SMILES string of the molecule is C[C@H](C1=N[C@@H](Cc2ccccc2)[C@H](c2ccccc2)O1)C(C)(C)C. The van der Waals surface area contributed by atoms with Gasteiger partial charge < -0.3 is 4.74 Å². The van der Waals surface area contributed by atoms with E-state index in [0.29, 0.717) is 5.92 Å². The van der Waals surface area contributed by atoms with Crippen molar-refractivity contribution in [2.24, 2.45) is 16.3 Å². The zero-order valence-electron chi connectivity index (χ0n) is 15.1. The number of hydrogen-bond acceptors (Lipinski definition) is 2. The highest BCUT2D eigenvalue weighted by molar-refractivity contribution is 5.81. The van der Waals surface area contributed by atoms with Crippen LogP contribution in [0.1, 0.15) is 44.9 Å². The lowest BCUT2D eigenvalue weighted by atomic mass is 9.82. The molecule has 2 aromatic carbocycles. The molecular weight excluding hydrogens is 294 g/mol. The minimum Gasteiger partial charge on any atom is -0.470 e. The number of rotatable bonds is 4. The predicted octanol–water partition coefficient (Wildman–Crippen LogP) is 5.45. The molecule has 0 radical (unpaired) electrons. The van der Waals surface area contributed by atoms with Crippen molar-refractivity contribution in [1.82, 2.24) is 0 Å². The van der Waals surface area contributed by atoms with Crippen LogP contribution < -0.4 is 0 Å². The highest BCUT2D eigenvalue weighted by Crippen LogP contribution is 2.37. The molecule has 3 rings (SSSR count). The first-order chi connectivity index (χ1) is 11.4. The number of benzene rings is 2. The van der Waals surface area contributed by atoms with Crippen LogP contribution in [-0.2, 0) is 11.2 Å². The molecule has 0 unspecified atom stereocenters. The van der Waals surface area contributed by atoms with Crippen LogP contribution in [0.5, 0.6) is 0 Å². The molecule has 1 heterocycles. The first-order valence-corrected chi connectivity index (χ1v) is 8.78. The molecule has 1 aliphatic heterocycles. The van der Waals surface area contributed by atoms with Gasteiger partial charge in [-0.05, 0) is 23.0 Å². The summed E-state index contributed by atoms with van der Waals surface area (Å²) in [6.45, 7) is 8.94. The van der Waals surface area contributed by atoms with E-state index in [4.69, 9.17) is 9.73 Å². The molecule has 0 aliphatic carbocycles. The molecule has 0 spiro atoms. The van der Waals surface area contributed by atoms with Crippen LogP contribution in [-0.4, -0.2) is 11.9 Å². The van der Waals surface area contributed by atoms with Crippen LogP contribution in [0.25, 0.3) is 0 Å². The second-order valence-electron chi connectivity index (χ2n) is 7.76. The van der Waals surface area contributed by atoms with Gasteiger partial charge in [-0.25, -0.2) is 4.99 Å². The first-order valence-electron chi connectivity index (χ1n) is 8.78. The fourth-order valence-corrected chi connectivity index (χ4v) is 3.00. The molecular formula is C22H27NO. The number of hydrogen-bond donors (Lipinski definition) is 0. The number of nitrogens with zero attached hydrogens (tertiary/aromatic N) is 1. The summed E-state index contributed by atoms with van der Waals surface area (Å²) in [6.07, 6.45) is 0.909. The van der Waals surface area contributed by atoms with Crippen molar-refractivity contribution < 1.29 is 4.74 Å². The van der Waals surface area contributed by atoms with E-state index in [1.165, 1.54) is 11.1 Å². The Balaban J connectivity index is 1.88. The van der Waals surface area contributed by atoms with E-state index in [1.807, 2.05) is 6.07 Å². The van der Waals surface area contributed by atoms with Crippen molar-refractivity contribution in [3.8, 4) is 0 Å². The standard InChI is InChI=1S/C22H27NO/c1-16(22(2,3)4)21-23-19(15-17-11-7-5-8-12-17)20(24-21)18-13-9-6-10-14-18/h5-14,16,19-20H,15H2,1-4H3/t16-,19+,20+/m1/s1. The molecule has 0 saturated carbocycles. The van der Waals surface area contributed by atoms with E-state index in [1.54, 1.807) is 0 Å². The number of aliphatic imine (C=N–C) groups is 1. The summed E-state index contributed by atoms with van der Waals surface area (Å²) >= 11 is 0. The Morgan fingerprint density at radius 2 is 1.54 bits per heavy atom. The smallest absolute Gasteiger partial charge is 0.187 e. The molecule has 126 valence electrons. The molecule has 0 amide bonds. The Morgan fingerprint density at radius 1 is 0.958 bits per heavy atom. The van der Waals surface area contributed by atoms with Crippen molar-refractivity contribution in [2.75, 3.05) is 0 Å². The average Bonchev–Trinajstić information content (AvgIpc) is 2.98. The molecule has 1 aliphatic rings. The maximum absolute atomic E-state index is 6.37. The van der Waals surface area contributed by atoms with Gasteiger partial charge in [0.1, 0.15) is 6.10 Å². The third-order valence-electron chi connectivity index (χ3n) is 4.98. The van der Waals surface area contributed by atoms with Crippen molar-refractivity contribution in [2.45, 2.75) is 46.3 Å². The van der Waals surface area contributed by atoms with Crippen LogP contribution in [0.4, 0.5) is 0 Å². The summed E-state index contributed by atoms with van der Waals surface area (Å²) in [6, 6.07) is 21.2. The highest BCUT2D eigenvalue weighted by atomic mass is 16.5. The van der Waals surface area contributed by atoms with Gasteiger partial charge in [-0.2, -0.15) is 0 Å². The van der Waals surface area contributed by atoms with E-state index >= 15 is 0 Å². The molecule has 2 heteroatoms. The van der Waals surface area contributed by atoms with E-state index in [-0.39, 0.29) is 17.6 Å². The topological polar surface area (TPSA) is 21.6 Å². The summed E-state index contributed by atoms with van der Waals surface area (Å²) < 4.78 is 6.37. The normalized spacial score (nSPS) is 21.9. The second kappa shape index (κ2) is 6.80. The molecule has 3 atom stereocenters. The quantitative estimate of drug-likeness (QED) is 0.733. The largest absolute Gasteiger partial charge is 0.470 e. The summed E-state index contributed by atoms with van der Waals surface area (Å²) in [5, 5.41) is 0. The lowest BCUT2D eigenvalue weighted by Crippen LogP contribution is -2.26. The van der Waals surface area contributed by atoms with Crippen LogP contribution in [0.15, 0.2) is 65.7 Å². The van der Waals surface area contributed by atoms with Gasteiger partial charge in [0.05, 0.1) is 6.04 Å². The molecule has 2 aromatic rings. The van der Waals surface area contributed by atoms with Crippen LogP contribution in [0.2, 0.25) is 0 Å². The fraction of sp³-hybridized carbons (Fsp3) is 0.409. The highest BCUT2D eigenvalue weighted by Gasteiger charge is 2.37. The minimum absolute atomic E-state index is 0.00575. The van der Waals surface area contributed by atoms with Crippen LogP contribution >= 0.6 is 0 Å². The van der Waals surface area contributed by atoms with Crippen molar-refractivity contribution in [3.63, 3.8) is 0 Å². The molecule has 0 bridgehead atoms. The van der Waals surface area contributed by atoms with Gasteiger partial charge in [0.2, 0.25) is 0 Å². The molecule has 24 heavy (non-hydrogen) atoms. The van der Waals surface area contributed by atoms with Gasteiger partial charge in [0, 0.05) is 5.92 Å². The second-order valence-corrected chi connectivity index (χ2v) is 7.76. The van der Waals surface area contributed by atoms with E-state index in [9.17, 15) is 0 Å². The monoisotopic (exact) mass is 321 g/mol. The zero-order valence-corrected chi connectivity index (χ0v) is 15.1. The Labute approximate surface area is 145 Å². The minimum atomic E-state index is 0.00575.